The lowest BCUT2D eigenvalue weighted by Crippen LogP contribution is -2.48. The highest BCUT2D eigenvalue weighted by molar-refractivity contribution is 5.97. The Morgan fingerprint density at radius 3 is 2.71 bits per heavy atom. The molecule has 0 bridgehead atoms. The van der Waals surface area contributed by atoms with Crippen molar-refractivity contribution in [1.82, 2.24) is 15.5 Å². The third kappa shape index (κ3) is 3.27. The lowest BCUT2D eigenvalue weighted by Gasteiger charge is -2.35. The highest BCUT2D eigenvalue weighted by Crippen LogP contribution is 2.36. The van der Waals surface area contributed by atoms with Crippen molar-refractivity contribution >= 4 is 5.91 Å². The first-order valence-electron chi connectivity index (χ1n) is 8.50. The number of aryl methyl sites for hydroxylation is 1. The minimum Gasteiger partial charge on any atom is -0.493 e. The minimum atomic E-state index is -0.563. The van der Waals surface area contributed by atoms with E-state index in [1.807, 2.05) is 25.1 Å². The molecule has 0 saturated heterocycles. The van der Waals surface area contributed by atoms with Crippen LogP contribution in [0, 0.1) is 6.92 Å². The molecular weight excluding hydrogens is 306 g/mol. The SMILES string of the molecule is CCOc1ccccc1C(=O)NC1(c2noc(C)n2)CCCCC1. The van der Waals surface area contributed by atoms with E-state index < -0.39 is 5.54 Å². The molecule has 1 N–H and O–H groups in total. The molecule has 0 radical (unpaired) electrons. The first-order chi connectivity index (χ1) is 11.6. The van der Waals surface area contributed by atoms with Crippen LogP contribution in [-0.2, 0) is 5.54 Å². The van der Waals surface area contributed by atoms with E-state index in [0.29, 0.717) is 29.6 Å². The highest BCUT2D eigenvalue weighted by atomic mass is 16.5. The van der Waals surface area contributed by atoms with E-state index in [1.54, 1.807) is 13.0 Å². The lowest BCUT2D eigenvalue weighted by molar-refractivity contribution is 0.0851. The average molecular weight is 329 g/mol. The van der Waals surface area contributed by atoms with Gasteiger partial charge in [0.1, 0.15) is 11.3 Å². The van der Waals surface area contributed by atoms with Gasteiger partial charge in [-0.2, -0.15) is 4.98 Å². The molecule has 2 aromatic rings. The van der Waals surface area contributed by atoms with Crippen LogP contribution >= 0.6 is 0 Å². The van der Waals surface area contributed by atoms with E-state index in [1.165, 1.54) is 0 Å². The number of amides is 1. The fraction of sp³-hybridized carbons (Fsp3) is 0.500. The molecule has 1 aliphatic carbocycles. The van der Waals surface area contributed by atoms with Crippen molar-refractivity contribution in [3.8, 4) is 5.75 Å². The van der Waals surface area contributed by atoms with Gasteiger partial charge in [-0.15, -0.1) is 0 Å². The number of benzene rings is 1. The second-order valence-electron chi connectivity index (χ2n) is 6.16. The van der Waals surface area contributed by atoms with Crippen molar-refractivity contribution in [2.24, 2.45) is 0 Å². The van der Waals surface area contributed by atoms with E-state index in [9.17, 15) is 4.79 Å². The number of nitrogens with one attached hydrogen (secondary N) is 1. The topological polar surface area (TPSA) is 77.2 Å². The van der Waals surface area contributed by atoms with Crippen molar-refractivity contribution in [3.05, 3.63) is 41.5 Å². The molecule has 6 nitrogen and oxygen atoms in total. The Hall–Kier alpha value is -2.37. The summed E-state index contributed by atoms with van der Waals surface area (Å²) in [5.41, 5.74) is -0.0311. The summed E-state index contributed by atoms with van der Waals surface area (Å²) in [5.74, 6) is 1.51. The monoisotopic (exact) mass is 329 g/mol. The van der Waals surface area contributed by atoms with Crippen molar-refractivity contribution in [1.29, 1.82) is 0 Å². The molecule has 1 heterocycles. The second-order valence-corrected chi connectivity index (χ2v) is 6.16. The van der Waals surface area contributed by atoms with Gasteiger partial charge < -0.3 is 14.6 Å². The maximum Gasteiger partial charge on any atom is 0.255 e. The maximum atomic E-state index is 12.9. The third-order valence-electron chi connectivity index (χ3n) is 4.45. The van der Waals surface area contributed by atoms with Gasteiger partial charge in [-0.1, -0.05) is 36.6 Å². The Morgan fingerprint density at radius 1 is 1.29 bits per heavy atom. The Morgan fingerprint density at radius 2 is 2.04 bits per heavy atom. The smallest absolute Gasteiger partial charge is 0.255 e. The van der Waals surface area contributed by atoms with E-state index in [2.05, 4.69) is 15.5 Å². The van der Waals surface area contributed by atoms with Crippen LogP contribution in [0.5, 0.6) is 5.75 Å². The van der Waals surface area contributed by atoms with Crippen molar-refractivity contribution in [2.75, 3.05) is 6.61 Å². The number of aromatic nitrogens is 2. The number of carbonyl (C=O) groups is 1. The number of para-hydroxylation sites is 1. The quantitative estimate of drug-likeness (QED) is 0.910. The van der Waals surface area contributed by atoms with Crippen LogP contribution in [0.25, 0.3) is 0 Å². The van der Waals surface area contributed by atoms with E-state index in [4.69, 9.17) is 9.26 Å². The van der Waals surface area contributed by atoms with E-state index in [-0.39, 0.29) is 5.91 Å². The second kappa shape index (κ2) is 7.03. The fourth-order valence-corrected chi connectivity index (χ4v) is 3.27. The third-order valence-corrected chi connectivity index (χ3v) is 4.45. The van der Waals surface area contributed by atoms with Gasteiger partial charge in [0.05, 0.1) is 12.2 Å². The predicted octanol–water partition coefficient (Wildman–Crippen LogP) is 3.37. The summed E-state index contributed by atoms with van der Waals surface area (Å²) in [6.07, 6.45) is 4.84. The molecule has 1 aromatic carbocycles. The lowest BCUT2D eigenvalue weighted by atomic mass is 9.80. The number of ether oxygens (including phenoxy) is 1. The molecule has 1 fully saturated rings. The number of hydrogen-bond acceptors (Lipinski definition) is 5. The van der Waals surface area contributed by atoms with Gasteiger partial charge in [0.25, 0.3) is 5.91 Å². The molecule has 1 saturated carbocycles. The molecule has 3 rings (SSSR count). The van der Waals surface area contributed by atoms with Gasteiger partial charge in [-0.3, -0.25) is 4.79 Å². The zero-order valence-electron chi connectivity index (χ0n) is 14.2. The predicted molar refractivity (Wildman–Crippen MR) is 88.9 cm³/mol. The van der Waals surface area contributed by atoms with Gasteiger partial charge in [0, 0.05) is 6.92 Å². The molecule has 0 unspecified atom stereocenters. The van der Waals surface area contributed by atoms with E-state index in [0.717, 1.165) is 32.1 Å². The summed E-state index contributed by atoms with van der Waals surface area (Å²) < 4.78 is 10.7. The fourth-order valence-electron chi connectivity index (χ4n) is 3.27. The van der Waals surface area contributed by atoms with Crippen molar-refractivity contribution < 1.29 is 14.1 Å². The van der Waals surface area contributed by atoms with Crippen molar-refractivity contribution in [2.45, 2.75) is 51.5 Å². The molecule has 6 heteroatoms. The van der Waals surface area contributed by atoms with E-state index >= 15 is 0 Å². The number of rotatable bonds is 5. The van der Waals surface area contributed by atoms with Gasteiger partial charge in [0.15, 0.2) is 5.82 Å². The van der Waals surface area contributed by atoms with Crippen LogP contribution in [-0.4, -0.2) is 22.7 Å². The Bertz CT molecular complexity index is 705. The first-order valence-corrected chi connectivity index (χ1v) is 8.50. The summed E-state index contributed by atoms with van der Waals surface area (Å²) >= 11 is 0. The van der Waals surface area contributed by atoms with Gasteiger partial charge in [-0.05, 0) is 31.9 Å². The molecule has 1 aliphatic rings. The molecule has 1 aromatic heterocycles. The Kier molecular flexibility index (Phi) is 4.83. The Balaban J connectivity index is 1.89. The van der Waals surface area contributed by atoms with Crippen LogP contribution in [0.4, 0.5) is 0 Å². The molecule has 0 atom stereocenters. The Labute approximate surface area is 141 Å². The van der Waals surface area contributed by atoms with Gasteiger partial charge >= 0.3 is 0 Å². The summed E-state index contributed by atoms with van der Waals surface area (Å²) in [4.78, 5) is 17.3. The maximum absolute atomic E-state index is 12.9. The normalized spacial score (nSPS) is 16.6. The molecule has 0 aliphatic heterocycles. The molecule has 24 heavy (non-hydrogen) atoms. The summed E-state index contributed by atoms with van der Waals surface area (Å²) in [6, 6.07) is 7.28. The molecule has 128 valence electrons. The zero-order valence-corrected chi connectivity index (χ0v) is 14.2. The molecular formula is C18H23N3O3. The molecule has 0 spiro atoms. The van der Waals surface area contributed by atoms with Crippen molar-refractivity contribution in [3.63, 3.8) is 0 Å². The largest absolute Gasteiger partial charge is 0.493 e. The highest BCUT2D eigenvalue weighted by Gasteiger charge is 2.40. The standard InChI is InChI=1S/C18H23N3O3/c1-3-23-15-10-6-5-9-14(15)16(22)20-18(11-7-4-8-12-18)17-19-13(2)24-21-17/h5-6,9-10H,3-4,7-8,11-12H2,1-2H3,(H,20,22). The summed E-state index contributed by atoms with van der Waals surface area (Å²) in [5, 5.41) is 7.26. The molecule has 1 amide bonds. The van der Waals surface area contributed by atoms with Gasteiger partial charge in [-0.25, -0.2) is 0 Å². The average Bonchev–Trinajstić information content (AvgIpc) is 3.04. The zero-order chi connectivity index (χ0) is 17.0. The van der Waals surface area contributed by atoms with Crippen LogP contribution in [0.3, 0.4) is 0 Å². The number of carbonyl (C=O) groups excluding carboxylic acids is 1. The van der Waals surface area contributed by atoms with Crippen LogP contribution in [0.2, 0.25) is 0 Å². The van der Waals surface area contributed by atoms with Crippen LogP contribution in [0.15, 0.2) is 28.8 Å². The first kappa shape index (κ1) is 16.5. The number of hydrogen-bond donors (Lipinski definition) is 1. The van der Waals surface area contributed by atoms with Crippen LogP contribution in [0.1, 0.15) is 61.1 Å². The van der Waals surface area contributed by atoms with Crippen LogP contribution < -0.4 is 10.1 Å². The van der Waals surface area contributed by atoms with Gasteiger partial charge in [0.2, 0.25) is 5.89 Å². The number of nitrogens with zero attached hydrogens (tertiary/aromatic N) is 2. The minimum absolute atomic E-state index is 0.164. The summed E-state index contributed by atoms with van der Waals surface area (Å²) in [7, 11) is 0. The summed E-state index contributed by atoms with van der Waals surface area (Å²) in [6.45, 7) is 4.18.